The number of nitrogen functional groups attached to an aromatic ring is 1. The topological polar surface area (TPSA) is 136 Å². The van der Waals surface area contributed by atoms with E-state index in [-0.39, 0.29) is 32.2 Å². The lowest BCUT2D eigenvalue weighted by Gasteiger charge is -2.35. The van der Waals surface area contributed by atoms with Crippen LogP contribution in [0, 0.1) is 0 Å². The molecule has 262 valence electrons. The normalized spacial score (nSPS) is 22.1. The first-order valence-electron chi connectivity index (χ1n) is 17.0. The number of anilines is 1. The number of imidazole rings is 1. The van der Waals surface area contributed by atoms with Crippen LogP contribution in [0.2, 0.25) is 0 Å². The smallest absolute Gasteiger partial charge is 0.167 e. The van der Waals surface area contributed by atoms with E-state index in [1.165, 1.54) is 6.33 Å². The van der Waals surface area contributed by atoms with Gasteiger partial charge in [-0.05, 0) is 22.3 Å². The van der Waals surface area contributed by atoms with E-state index in [1.54, 1.807) is 10.9 Å². The third kappa shape index (κ3) is 8.49. The summed E-state index contributed by atoms with van der Waals surface area (Å²) in [5.41, 5.74) is 10.9. The van der Waals surface area contributed by atoms with Gasteiger partial charge in [-0.3, -0.25) is 4.57 Å². The molecule has 0 bridgehead atoms. The second-order valence-electron chi connectivity index (χ2n) is 12.4. The minimum atomic E-state index is -1.27. The largest absolute Gasteiger partial charge is 0.386 e. The maximum Gasteiger partial charge on any atom is 0.167 e. The molecule has 2 aromatic heterocycles. The fourth-order valence-corrected chi connectivity index (χ4v) is 6.27. The summed E-state index contributed by atoms with van der Waals surface area (Å²) in [6, 6.07) is 39.5. The lowest BCUT2D eigenvalue weighted by Crippen LogP contribution is -2.51. The predicted molar refractivity (Wildman–Crippen MR) is 191 cm³/mol. The first-order chi connectivity index (χ1) is 25.1. The van der Waals surface area contributed by atoms with Crippen LogP contribution in [-0.2, 0) is 50.1 Å². The minimum absolute atomic E-state index is 0.123. The molecule has 0 radical (unpaired) electrons. The van der Waals surface area contributed by atoms with Gasteiger partial charge < -0.3 is 34.5 Å². The molecule has 1 aliphatic heterocycles. The third-order valence-corrected chi connectivity index (χ3v) is 8.87. The Morgan fingerprint density at radius 2 is 1.10 bits per heavy atom. The molecule has 11 heteroatoms. The van der Waals surface area contributed by atoms with Gasteiger partial charge in [0.2, 0.25) is 0 Å². The van der Waals surface area contributed by atoms with Gasteiger partial charge in [-0.1, -0.05) is 121 Å². The number of fused-ring (bicyclic) bond motifs is 1. The van der Waals surface area contributed by atoms with Crippen molar-refractivity contribution in [2.24, 2.45) is 0 Å². The van der Waals surface area contributed by atoms with Gasteiger partial charge in [-0.2, -0.15) is 0 Å². The van der Waals surface area contributed by atoms with Crippen LogP contribution in [0.25, 0.3) is 11.2 Å². The Kier molecular flexibility index (Phi) is 11.3. The third-order valence-electron chi connectivity index (χ3n) is 8.87. The fraction of sp³-hybridized carbons (Fsp3) is 0.275. The van der Waals surface area contributed by atoms with E-state index in [1.807, 2.05) is 121 Å². The predicted octanol–water partition coefficient (Wildman–Crippen LogP) is 5.64. The molecule has 4 aromatic carbocycles. The number of rotatable bonds is 14. The zero-order chi connectivity index (χ0) is 34.8. The molecule has 7 rings (SSSR count). The number of benzene rings is 4. The zero-order valence-corrected chi connectivity index (χ0v) is 28.1. The number of aliphatic hydroxyl groups excluding tert-OH is 1. The minimum Gasteiger partial charge on any atom is -0.386 e. The van der Waals surface area contributed by atoms with Crippen LogP contribution in [-0.4, -0.2) is 61.8 Å². The molecule has 51 heavy (non-hydrogen) atoms. The van der Waals surface area contributed by atoms with Gasteiger partial charge in [0, 0.05) is 0 Å². The molecule has 0 unspecified atom stereocenters. The van der Waals surface area contributed by atoms with Crippen LogP contribution in [0.15, 0.2) is 134 Å². The maximum atomic E-state index is 12.4. The molecule has 6 aromatic rings. The molecular formula is C40H41N5O6. The maximum absolute atomic E-state index is 12.4. The highest BCUT2D eigenvalue weighted by atomic mass is 16.6. The molecule has 0 saturated carbocycles. The van der Waals surface area contributed by atoms with Gasteiger partial charge in [-0.25, -0.2) is 15.0 Å². The van der Waals surface area contributed by atoms with Crippen LogP contribution in [0.5, 0.6) is 0 Å². The van der Waals surface area contributed by atoms with E-state index in [9.17, 15) is 5.11 Å². The summed E-state index contributed by atoms with van der Waals surface area (Å²) >= 11 is 0. The molecule has 1 fully saturated rings. The van der Waals surface area contributed by atoms with Crippen molar-refractivity contribution in [1.82, 2.24) is 19.5 Å². The van der Waals surface area contributed by atoms with Gasteiger partial charge in [0.1, 0.15) is 42.4 Å². The molecule has 0 spiro atoms. The van der Waals surface area contributed by atoms with E-state index in [4.69, 9.17) is 29.4 Å². The van der Waals surface area contributed by atoms with Crippen molar-refractivity contribution in [2.45, 2.75) is 63.2 Å². The Balaban J connectivity index is 1.29. The van der Waals surface area contributed by atoms with E-state index in [0.717, 1.165) is 22.3 Å². The van der Waals surface area contributed by atoms with Gasteiger partial charge in [0.25, 0.3) is 0 Å². The first-order valence-corrected chi connectivity index (χ1v) is 17.0. The molecule has 3 N–H and O–H groups in total. The number of aromatic nitrogens is 4. The Morgan fingerprint density at radius 1 is 0.608 bits per heavy atom. The Bertz CT molecular complexity index is 1930. The number of hydrogen-bond acceptors (Lipinski definition) is 10. The van der Waals surface area contributed by atoms with Crippen LogP contribution in [0.1, 0.15) is 28.5 Å². The fourth-order valence-electron chi connectivity index (χ4n) is 6.27. The van der Waals surface area contributed by atoms with E-state index >= 15 is 0 Å². The zero-order valence-electron chi connectivity index (χ0n) is 28.1. The van der Waals surface area contributed by atoms with Crippen molar-refractivity contribution in [1.29, 1.82) is 0 Å². The quantitative estimate of drug-likeness (QED) is 0.148. The van der Waals surface area contributed by atoms with Crippen LogP contribution >= 0.6 is 0 Å². The Morgan fingerprint density at radius 3 is 1.65 bits per heavy atom. The summed E-state index contributed by atoms with van der Waals surface area (Å²) in [7, 11) is 0. The lowest BCUT2D eigenvalue weighted by atomic mass is 9.99. The standard InChI is InChI=1S/C40H41N5O6/c41-38-33-39(43-26-42-38)45(27-44-33)40-34(46)36(49-23-30-17-9-3-10-18-30)37(50-24-31-19-11-4-12-20-31)35(48-22-29-15-7-2-8-16-29)32(51-40)25-47-21-28-13-5-1-6-14-28/h1-20,26-27,32,34-37,40,46H,21-25H2,(H2,41,42,43)/t32-,34+,35+,36+,37+,40+/m1/s1. The molecular weight excluding hydrogens is 646 g/mol. The number of ether oxygens (including phenoxy) is 5. The molecule has 1 saturated heterocycles. The molecule has 11 nitrogen and oxygen atoms in total. The van der Waals surface area contributed by atoms with E-state index in [2.05, 4.69) is 15.0 Å². The SMILES string of the molecule is Nc1ncnc2c1ncn2[C@H]1O[C@H](COCc2ccccc2)[C@H](OCc2ccccc2)[C@H](OCc2ccccc2)[C@@H](OCc2ccccc2)[C@@H]1O. The number of aliphatic hydroxyl groups is 1. The summed E-state index contributed by atoms with van der Waals surface area (Å²) in [5.74, 6) is 0.217. The molecule has 3 heterocycles. The van der Waals surface area contributed by atoms with Crippen molar-refractivity contribution in [3.8, 4) is 0 Å². The van der Waals surface area contributed by atoms with Crippen LogP contribution < -0.4 is 5.73 Å². The summed E-state index contributed by atoms with van der Waals surface area (Å²) in [5, 5.41) is 12.4. The highest BCUT2D eigenvalue weighted by molar-refractivity contribution is 5.81. The van der Waals surface area contributed by atoms with Crippen molar-refractivity contribution >= 4 is 17.0 Å². The average molecular weight is 688 g/mol. The van der Waals surface area contributed by atoms with Crippen molar-refractivity contribution in [3.63, 3.8) is 0 Å². The second kappa shape index (κ2) is 16.8. The highest BCUT2D eigenvalue weighted by Crippen LogP contribution is 2.35. The second-order valence-corrected chi connectivity index (χ2v) is 12.4. The molecule has 0 aliphatic carbocycles. The number of nitrogens with two attached hydrogens (primary N) is 1. The Labute approximate surface area is 296 Å². The van der Waals surface area contributed by atoms with Gasteiger partial charge in [0.15, 0.2) is 17.7 Å². The summed E-state index contributed by atoms with van der Waals surface area (Å²) in [6.07, 6.45) is -2.63. The van der Waals surface area contributed by atoms with Gasteiger partial charge in [-0.15, -0.1) is 0 Å². The van der Waals surface area contributed by atoms with Gasteiger partial charge >= 0.3 is 0 Å². The lowest BCUT2D eigenvalue weighted by molar-refractivity contribution is -0.185. The molecule has 6 atom stereocenters. The summed E-state index contributed by atoms with van der Waals surface area (Å²) in [6.45, 7) is 1.19. The van der Waals surface area contributed by atoms with Crippen LogP contribution in [0.3, 0.4) is 0 Å². The van der Waals surface area contributed by atoms with Crippen molar-refractivity contribution in [3.05, 3.63) is 156 Å². The molecule has 0 amide bonds. The average Bonchev–Trinajstić information content (AvgIpc) is 3.58. The van der Waals surface area contributed by atoms with Gasteiger partial charge in [0.05, 0.1) is 39.4 Å². The monoisotopic (exact) mass is 687 g/mol. The van der Waals surface area contributed by atoms with Crippen molar-refractivity contribution < 1.29 is 28.8 Å². The summed E-state index contributed by atoms with van der Waals surface area (Å²) < 4.78 is 35.1. The van der Waals surface area contributed by atoms with Crippen LogP contribution in [0.4, 0.5) is 5.82 Å². The first kappa shape index (κ1) is 34.4. The van der Waals surface area contributed by atoms with Crippen molar-refractivity contribution in [2.75, 3.05) is 12.3 Å². The molecule has 1 aliphatic rings. The summed E-state index contributed by atoms with van der Waals surface area (Å²) in [4.78, 5) is 13.0. The number of nitrogens with zero attached hydrogens (tertiary/aromatic N) is 4. The number of hydrogen-bond donors (Lipinski definition) is 2. The highest BCUT2D eigenvalue weighted by Gasteiger charge is 2.49. The Hall–Kier alpha value is -5.01. The van der Waals surface area contributed by atoms with E-state index < -0.39 is 36.7 Å². The van der Waals surface area contributed by atoms with E-state index in [0.29, 0.717) is 17.8 Å².